The minimum atomic E-state index is -0.711. The molecular weight excluding hydrogens is 242 g/mol. The molecule has 0 atom stereocenters. The summed E-state index contributed by atoms with van der Waals surface area (Å²) in [5.41, 5.74) is 1.14. The summed E-state index contributed by atoms with van der Waals surface area (Å²) in [5, 5.41) is 8.66. The van der Waals surface area contributed by atoms with Gasteiger partial charge < -0.3 is 14.9 Å². The van der Waals surface area contributed by atoms with E-state index in [9.17, 15) is 4.79 Å². The molecule has 0 spiro atoms. The van der Waals surface area contributed by atoms with Gasteiger partial charge in [0, 0.05) is 57.6 Å². The van der Waals surface area contributed by atoms with Crippen LogP contribution in [0.4, 0.5) is 0 Å². The Bertz CT molecular complexity index is 389. The first-order chi connectivity index (χ1) is 9.24. The molecule has 19 heavy (non-hydrogen) atoms. The molecule has 0 aliphatic carbocycles. The maximum Gasteiger partial charge on any atom is 0.304 e. The molecule has 0 bridgehead atoms. The maximum absolute atomic E-state index is 10.5. The number of hydrogen-bond acceptors (Lipinski definition) is 4. The third-order valence-corrected chi connectivity index (χ3v) is 3.52. The van der Waals surface area contributed by atoms with Crippen LogP contribution < -0.4 is 0 Å². The Labute approximate surface area is 113 Å². The first-order valence-electron chi connectivity index (χ1n) is 6.80. The average molecular weight is 263 g/mol. The second-order valence-electron chi connectivity index (χ2n) is 4.90. The van der Waals surface area contributed by atoms with Gasteiger partial charge in [-0.3, -0.25) is 9.78 Å². The summed E-state index contributed by atoms with van der Waals surface area (Å²) in [4.78, 5) is 19.5. The van der Waals surface area contributed by atoms with Gasteiger partial charge in [-0.2, -0.15) is 0 Å². The quantitative estimate of drug-likeness (QED) is 0.819. The predicted molar refractivity (Wildman–Crippen MR) is 73.1 cm³/mol. The van der Waals surface area contributed by atoms with E-state index in [0.29, 0.717) is 6.54 Å². The van der Waals surface area contributed by atoms with Gasteiger partial charge >= 0.3 is 5.97 Å². The zero-order valence-electron chi connectivity index (χ0n) is 11.2. The fraction of sp³-hybridized carbons (Fsp3) is 0.571. The summed E-state index contributed by atoms with van der Waals surface area (Å²) in [5.74, 6) is -0.711. The number of aliphatic carboxylic acids is 1. The fourth-order valence-corrected chi connectivity index (χ4v) is 2.31. The summed E-state index contributed by atoms with van der Waals surface area (Å²) < 4.78 is 0. The molecule has 1 saturated heterocycles. The summed E-state index contributed by atoms with van der Waals surface area (Å²) in [6.07, 6.45) is 3.06. The SMILES string of the molecule is O=C(O)CCN1CCN(CCc2ccccn2)CC1. The Morgan fingerprint density at radius 2 is 1.84 bits per heavy atom. The molecule has 0 unspecified atom stereocenters. The molecular formula is C14H21N3O2. The Kier molecular flexibility index (Phi) is 5.30. The van der Waals surface area contributed by atoms with Gasteiger partial charge in [-0.05, 0) is 12.1 Å². The number of nitrogens with zero attached hydrogens (tertiary/aromatic N) is 3. The molecule has 0 amide bonds. The second-order valence-corrected chi connectivity index (χ2v) is 4.90. The number of carbonyl (C=O) groups is 1. The molecule has 1 aromatic rings. The van der Waals surface area contributed by atoms with E-state index < -0.39 is 5.97 Å². The molecule has 1 N–H and O–H groups in total. The first kappa shape index (κ1) is 14.0. The molecule has 0 radical (unpaired) electrons. The van der Waals surface area contributed by atoms with Gasteiger partial charge in [0.2, 0.25) is 0 Å². The first-order valence-corrected chi connectivity index (χ1v) is 6.80. The van der Waals surface area contributed by atoms with Crippen LogP contribution in [0.3, 0.4) is 0 Å². The van der Waals surface area contributed by atoms with Crippen molar-refractivity contribution in [2.45, 2.75) is 12.8 Å². The molecule has 1 fully saturated rings. The Morgan fingerprint density at radius 3 is 2.42 bits per heavy atom. The zero-order valence-corrected chi connectivity index (χ0v) is 11.2. The summed E-state index contributed by atoms with van der Waals surface area (Å²) in [6.45, 7) is 5.68. The van der Waals surface area contributed by atoms with Gasteiger partial charge in [0.1, 0.15) is 0 Å². The van der Waals surface area contributed by atoms with E-state index in [0.717, 1.165) is 44.8 Å². The smallest absolute Gasteiger partial charge is 0.304 e. The van der Waals surface area contributed by atoms with Crippen molar-refractivity contribution < 1.29 is 9.90 Å². The second kappa shape index (κ2) is 7.21. The van der Waals surface area contributed by atoms with Gasteiger partial charge in [-0.25, -0.2) is 0 Å². The average Bonchev–Trinajstić information content (AvgIpc) is 2.45. The summed E-state index contributed by atoms with van der Waals surface area (Å²) >= 11 is 0. The molecule has 104 valence electrons. The van der Waals surface area contributed by atoms with E-state index in [2.05, 4.69) is 20.9 Å². The van der Waals surface area contributed by atoms with Crippen LogP contribution in [-0.4, -0.2) is 65.1 Å². The maximum atomic E-state index is 10.5. The topological polar surface area (TPSA) is 56.7 Å². The van der Waals surface area contributed by atoms with E-state index in [1.807, 2.05) is 18.3 Å². The van der Waals surface area contributed by atoms with Crippen molar-refractivity contribution in [2.24, 2.45) is 0 Å². The van der Waals surface area contributed by atoms with Crippen molar-refractivity contribution >= 4 is 5.97 Å². The number of carboxylic acid groups (broad SMARTS) is 1. The number of piperazine rings is 1. The lowest BCUT2D eigenvalue weighted by Gasteiger charge is -2.34. The van der Waals surface area contributed by atoms with Gasteiger partial charge in [-0.1, -0.05) is 6.07 Å². The molecule has 1 aromatic heterocycles. The molecule has 0 aromatic carbocycles. The molecule has 5 heteroatoms. The van der Waals surface area contributed by atoms with E-state index in [1.54, 1.807) is 0 Å². The third-order valence-electron chi connectivity index (χ3n) is 3.52. The summed E-state index contributed by atoms with van der Waals surface area (Å²) in [6, 6.07) is 6.01. The van der Waals surface area contributed by atoms with E-state index in [1.165, 1.54) is 0 Å². The van der Waals surface area contributed by atoms with Crippen molar-refractivity contribution in [3.05, 3.63) is 30.1 Å². The third kappa shape index (κ3) is 4.96. The van der Waals surface area contributed by atoms with Crippen LogP contribution >= 0.6 is 0 Å². The molecule has 2 rings (SSSR count). The van der Waals surface area contributed by atoms with Gasteiger partial charge in [-0.15, -0.1) is 0 Å². The minimum Gasteiger partial charge on any atom is -0.481 e. The van der Waals surface area contributed by atoms with Crippen LogP contribution in [-0.2, 0) is 11.2 Å². The monoisotopic (exact) mass is 263 g/mol. The van der Waals surface area contributed by atoms with Gasteiger partial charge in [0.15, 0.2) is 0 Å². The summed E-state index contributed by atoms with van der Waals surface area (Å²) in [7, 11) is 0. The number of pyridine rings is 1. The standard InChI is InChI=1S/C14H21N3O2/c18-14(19)5-8-17-11-9-16(10-12-17)7-4-13-3-1-2-6-15-13/h1-3,6H,4-5,7-12H2,(H,18,19). The zero-order chi connectivity index (χ0) is 13.5. The highest BCUT2D eigenvalue weighted by Gasteiger charge is 2.16. The Hall–Kier alpha value is -1.46. The van der Waals surface area contributed by atoms with Crippen LogP contribution in [0.2, 0.25) is 0 Å². The van der Waals surface area contributed by atoms with Gasteiger partial charge in [0.25, 0.3) is 0 Å². The number of carboxylic acids is 1. The lowest BCUT2D eigenvalue weighted by atomic mass is 10.2. The highest BCUT2D eigenvalue weighted by atomic mass is 16.4. The van der Waals surface area contributed by atoms with Gasteiger partial charge in [0.05, 0.1) is 6.42 Å². The molecule has 1 aliphatic heterocycles. The minimum absolute atomic E-state index is 0.244. The Balaban J connectivity index is 1.65. The number of hydrogen-bond donors (Lipinski definition) is 1. The number of aromatic nitrogens is 1. The lowest BCUT2D eigenvalue weighted by molar-refractivity contribution is -0.137. The van der Waals surface area contributed by atoms with Crippen LogP contribution in [0, 0.1) is 0 Å². The molecule has 5 nitrogen and oxygen atoms in total. The van der Waals surface area contributed by atoms with Crippen molar-refractivity contribution in [1.29, 1.82) is 0 Å². The van der Waals surface area contributed by atoms with Crippen molar-refractivity contribution in [2.75, 3.05) is 39.3 Å². The van der Waals surface area contributed by atoms with Crippen LogP contribution in [0.15, 0.2) is 24.4 Å². The fourth-order valence-electron chi connectivity index (χ4n) is 2.31. The molecule has 2 heterocycles. The number of rotatable bonds is 6. The Morgan fingerprint density at radius 1 is 1.16 bits per heavy atom. The van der Waals surface area contributed by atoms with E-state index >= 15 is 0 Å². The van der Waals surface area contributed by atoms with Crippen molar-refractivity contribution in [3.8, 4) is 0 Å². The highest BCUT2D eigenvalue weighted by molar-refractivity contribution is 5.66. The van der Waals surface area contributed by atoms with Crippen LogP contribution in [0.25, 0.3) is 0 Å². The van der Waals surface area contributed by atoms with E-state index in [-0.39, 0.29) is 6.42 Å². The van der Waals surface area contributed by atoms with Crippen LogP contribution in [0.1, 0.15) is 12.1 Å². The predicted octanol–water partition coefficient (Wildman–Crippen LogP) is 0.716. The molecule has 1 aliphatic rings. The van der Waals surface area contributed by atoms with Crippen LogP contribution in [0.5, 0.6) is 0 Å². The highest BCUT2D eigenvalue weighted by Crippen LogP contribution is 2.04. The van der Waals surface area contributed by atoms with Crippen molar-refractivity contribution in [3.63, 3.8) is 0 Å². The van der Waals surface area contributed by atoms with E-state index in [4.69, 9.17) is 5.11 Å². The lowest BCUT2D eigenvalue weighted by Crippen LogP contribution is -2.47. The largest absolute Gasteiger partial charge is 0.481 e. The molecule has 0 saturated carbocycles. The van der Waals surface area contributed by atoms with Crippen molar-refractivity contribution in [1.82, 2.24) is 14.8 Å². The normalized spacial score (nSPS) is 17.5.